The van der Waals surface area contributed by atoms with Crippen molar-refractivity contribution in [2.24, 2.45) is 5.73 Å². The highest BCUT2D eigenvalue weighted by Gasteiger charge is 2.10. The third-order valence-corrected chi connectivity index (χ3v) is 3.89. The number of aryl methyl sites for hydroxylation is 2. The fourth-order valence-corrected chi connectivity index (χ4v) is 2.64. The largest absolute Gasteiger partial charge is 0.389 e. The zero-order valence-corrected chi connectivity index (χ0v) is 10.8. The molecule has 0 bridgehead atoms. The monoisotopic (exact) mass is 248 g/mol. The van der Waals surface area contributed by atoms with Crippen molar-refractivity contribution in [3.8, 4) is 10.6 Å². The van der Waals surface area contributed by atoms with Crippen molar-refractivity contribution >= 4 is 28.5 Å². The smallest absolute Gasteiger partial charge is 0.124 e. The second kappa shape index (κ2) is 4.31. The molecule has 0 spiro atoms. The summed E-state index contributed by atoms with van der Waals surface area (Å²) in [4.78, 5) is 5.82. The van der Waals surface area contributed by atoms with Crippen molar-refractivity contribution in [1.82, 2.24) is 4.98 Å². The molecule has 2 nitrogen and oxygen atoms in total. The summed E-state index contributed by atoms with van der Waals surface area (Å²) in [5.41, 5.74) is 8.90. The number of thiazole rings is 1. The molecule has 0 atom stereocenters. The van der Waals surface area contributed by atoms with E-state index in [-0.39, 0.29) is 0 Å². The van der Waals surface area contributed by atoms with Crippen molar-refractivity contribution < 1.29 is 0 Å². The number of thiocarbonyl (C=S) groups is 1. The lowest BCUT2D eigenvalue weighted by Crippen LogP contribution is -2.08. The zero-order valence-electron chi connectivity index (χ0n) is 9.15. The molecule has 0 amide bonds. The van der Waals surface area contributed by atoms with Crippen LogP contribution in [0.3, 0.4) is 0 Å². The molecule has 2 aromatic rings. The highest BCUT2D eigenvalue weighted by atomic mass is 32.1. The fraction of sp³-hybridized carbons (Fsp3) is 0.167. The van der Waals surface area contributed by atoms with Gasteiger partial charge in [-0.2, -0.15) is 0 Å². The third kappa shape index (κ3) is 2.13. The van der Waals surface area contributed by atoms with Crippen LogP contribution in [0, 0.1) is 13.8 Å². The summed E-state index contributed by atoms with van der Waals surface area (Å²) in [6.07, 6.45) is 0. The van der Waals surface area contributed by atoms with E-state index in [2.05, 4.69) is 36.2 Å². The number of hydrogen-bond acceptors (Lipinski definition) is 3. The number of nitrogens with zero attached hydrogens (tertiary/aromatic N) is 1. The van der Waals surface area contributed by atoms with Gasteiger partial charge in [-0.3, -0.25) is 0 Å². The Balaban J connectivity index is 2.45. The molecule has 0 fully saturated rings. The van der Waals surface area contributed by atoms with Crippen LogP contribution >= 0.6 is 23.6 Å². The molecule has 1 aromatic carbocycles. The first-order valence-corrected chi connectivity index (χ1v) is 6.14. The van der Waals surface area contributed by atoms with Crippen LogP contribution in [0.2, 0.25) is 0 Å². The van der Waals surface area contributed by atoms with Crippen LogP contribution < -0.4 is 5.73 Å². The standard InChI is InChI=1S/C12H12N2S2/c1-7-3-5-9(6-4-7)12-14-8(2)10(16-12)11(13)15/h3-6H,1-2H3,(H2,13,15). The van der Waals surface area contributed by atoms with Crippen LogP contribution in [0.25, 0.3) is 10.6 Å². The molecule has 0 radical (unpaired) electrons. The van der Waals surface area contributed by atoms with Crippen molar-refractivity contribution in [2.75, 3.05) is 0 Å². The number of hydrogen-bond donors (Lipinski definition) is 1. The first-order valence-electron chi connectivity index (χ1n) is 4.92. The zero-order chi connectivity index (χ0) is 11.7. The van der Waals surface area contributed by atoms with Crippen LogP contribution in [0.15, 0.2) is 24.3 Å². The number of benzene rings is 1. The first kappa shape index (κ1) is 11.2. The van der Waals surface area contributed by atoms with Gasteiger partial charge in [-0.15, -0.1) is 11.3 Å². The minimum atomic E-state index is 0.424. The van der Waals surface area contributed by atoms with Gasteiger partial charge in [0.1, 0.15) is 10.00 Å². The van der Waals surface area contributed by atoms with Crippen molar-refractivity contribution in [3.63, 3.8) is 0 Å². The molecule has 16 heavy (non-hydrogen) atoms. The van der Waals surface area contributed by atoms with Gasteiger partial charge in [-0.25, -0.2) is 4.98 Å². The summed E-state index contributed by atoms with van der Waals surface area (Å²) < 4.78 is 0. The van der Waals surface area contributed by atoms with Gasteiger partial charge in [0.05, 0.1) is 10.6 Å². The molecular weight excluding hydrogens is 236 g/mol. The third-order valence-electron chi connectivity index (χ3n) is 2.32. The maximum atomic E-state index is 5.63. The van der Waals surface area contributed by atoms with Gasteiger partial charge in [-0.05, 0) is 13.8 Å². The average Bonchev–Trinajstić information content (AvgIpc) is 2.61. The second-order valence-corrected chi connectivity index (χ2v) is 5.10. The Morgan fingerprint density at radius 3 is 2.38 bits per heavy atom. The molecule has 0 saturated carbocycles. The highest BCUT2D eigenvalue weighted by Crippen LogP contribution is 2.27. The van der Waals surface area contributed by atoms with Crippen LogP contribution in [-0.2, 0) is 0 Å². The van der Waals surface area contributed by atoms with Crippen LogP contribution in [0.4, 0.5) is 0 Å². The predicted molar refractivity (Wildman–Crippen MR) is 72.9 cm³/mol. The summed E-state index contributed by atoms with van der Waals surface area (Å²) in [5.74, 6) is 0. The minimum absolute atomic E-state index is 0.424. The van der Waals surface area contributed by atoms with Crippen LogP contribution in [0.5, 0.6) is 0 Å². The fourth-order valence-electron chi connectivity index (χ4n) is 1.44. The molecule has 2 N–H and O–H groups in total. The summed E-state index contributed by atoms with van der Waals surface area (Å²) in [7, 11) is 0. The van der Waals surface area contributed by atoms with Crippen LogP contribution in [0.1, 0.15) is 16.1 Å². The van der Waals surface area contributed by atoms with E-state index in [1.807, 2.05) is 6.92 Å². The SMILES string of the molecule is Cc1ccc(-c2nc(C)c(C(N)=S)s2)cc1. The van der Waals surface area contributed by atoms with E-state index in [0.717, 1.165) is 21.1 Å². The van der Waals surface area contributed by atoms with E-state index in [4.69, 9.17) is 18.0 Å². The maximum Gasteiger partial charge on any atom is 0.124 e. The van der Waals surface area contributed by atoms with Crippen molar-refractivity contribution in [2.45, 2.75) is 13.8 Å². The molecule has 0 aliphatic rings. The van der Waals surface area contributed by atoms with Crippen LogP contribution in [-0.4, -0.2) is 9.97 Å². The van der Waals surface area contributed by atoms with E-state index in [1.54, 1.807) is 11.3 Å². The molecule has 82 valence electrons. The van der Waals surface area contributed by atoms with E-state index in [1.165, 1.54) is 5.56 Å². The molecule has 4 heteroatoms. The number of aromatic nitrogens is 1. The first-order chi connectivity index (χ1) is 7.58. The Labute approximate surface area is 104 Å². The van der Waals surface area contributed by atoms with Gasteiger partial charge < -0.3 is 5.73 Å². The van der Waals surface area contributed by atoms with Gasteiger partial charge in [0.15, 0.2) is 0 Å². The predicted octanol–water partition coefficient (Wildman–Crippen LogP) is 3.06. The molecule has 1 heterocycles. The molecule has 0 aliphatic carbocycles. The lowest BCUT2D eigenvalue weighted by atomic mass is 10.2. The lowest BCUT2D eigenvalue weighted by Gasteiger charge is -1.96. The maximum absolute atomic E-state index is 5.63. The Kier molecular flexibility index (Phi) is 3.03. The summed E-state index contributed by atoms with van der Waals surface area (Å²) in [6, 6.07) is 8.28. The summed E-state index contributed by atoms with van der Waals surface area (Å²) in [6.45, 7) is 4.00. The summed E-state index contributed by atoms with van der Waals surface area (Å²) >= 11 is 6.53. The van der Waals surface area contributed by atoms with E-state index < -0.39 is 0 Å². The molecule has 0 unspecified atom stereocenters. The molecule has 0 aliphatic heterocycles. The van der Waals surface area contributed by atoms with Crippen molar-refractivity contribution in [1.29, 1.82) is 0 Å². The Bertz CT molecular complexity index is 526. The normalized spacial score (nSPS) is 10.4. The topological polar surface area (TPSA) is 38.9 Å². The molecule has 2 rings (SSSR count). The second-order valence-electron chi connectivity index (χ2n) is 3.66. The Morgan fingerprint density at radius 2 is 1.88 bits per heavy atom. The summed E-state index contributed by atoms with van der Waals surface area (Å²) in [5, 5.41) is 0.973. The Morgan fingerprint density at radius 1 is 1.25 bits per heavy atom. The van der Waals surface area contributed by atoms with Gasteiger partial charge in [0.25, 0.3) is 0 Å². The minimum Gasteiger partial charge on any atom is -0.389 e. The Hall–Kier alpha value is -1.26. The van der Waals surface area contributed by atoms with E-state index in [0.29, 0.717) is 4.99 Å². The number of nitrogens with two attached hydrogens (primary N) is 1. The number of rotatable bonds is 2. The van der Waals surface area contributed by atoms with Gasteiger partial charge >= 0.3 is 0 Å². The molecule has 1 aromatic heterocycles. The highest BCUT2D eigenvalue weighted by molar-refractivity contribution is 7.81. The molecular formula is C12H12N2S2. The quantitative estimate of drug-likeness (QED) is 0.830. The molecule has 0 saturated heterocycles. The lowest BCUT2D eigenvalue weighted by molar-refractivity contribution is 1.26. The van der Waals surface area contributed by atoms with E-state index >= 15 is 0 Å². The van der Waals surface area contributed by atoms with Gasteiger partial charge in [-0.1, -0.05) is 42.0 Å². The average molecular weight is 248 g/mol. The van der Waals surface area contributed by atoms with Crippen molar-refractivity contribution in [3.05, 3.63) is 40.4 Å². The van der Waals surface area contributed by atoms with Gasteiger partial charge in [0.2, 0.25) is 0 Å². The van der Waals surface area contributed by atoms with Gasteiger partial charge in [0, 0.05) is 5.56 Å². The van der Waals surface area contributed by atoms with E-state index in [9.17, 15) is 0 Å².